The summed E-state index contributed by atoms with van der Waals surface area (Å²) in [7, 11) is 0. The zero-order chi connectivity index (χ0) is 31.6. The highest BCUT2D eigenvalue weighted by atomic mass is 16.7. The second kappa shape index (κ2) is 16.0. The van der Waals surface area contributed by atoms with E-state index in [1.54, 1.807) is 19.1 Å². The Morgan fingerprint density at radius 1 is 0.867 bits per heavy atom. The summed E-state index contributed by atoms with van der Waals surface area (Å²) in [5, 5.41) is 14.8. The Kier molecular flexibility index (Phi) is 11.6. The number of hydrogen-bond acceptors (Lipinski definition) is 8. The molecule has 10 nitrogen and oxygen atoms in total. The zero-order valence-electron chi connectivity index (χ0n) is 26.1. The first-order chi connectivity index (χ1) is 21.9. The number of hydrogen-bond donors (Lipinski definition) is 3. The van der Waals surface area contributed by atoms with Crippen molar-refractivity contribution in [2.75, 3.05) is 51.2 Å². The van der Waals surface area contributed by atoms with Crippen LogP contribution in [0.15, 0.2) is 78.9 Å². The minimum Gasteiger partial charge on any atom is -0.465 e. The van der Waals surface area contributed by atoms with Crippen LogP contribution in [0, 0.1) is 5.92 Å². The van der Waals surface area contributed by atoms with Crippen LogP contribution in [0.5, 0.6) is 0 Å². The number of benzene rings is 3. The van der Waals surface area contributed by atoms with Gasteiger partial charge in [-0.05, 0) is 35.7 Å². The van der Waals surface area contributed by atoms with Crippen LogP contribution in [0.1, 0.15) is 48.5 Å². The molecule has 5 rings (SSSR count). The Labute approximate surface area is 265 Å². The Hall–Kier alpha value is -3.80. The molecular weight excluding hydrogens is 572 g/mol. The fraction of sp³-hybridized carbons (Fsp3) is 0.429. The van der Waals surface area contributed by atoms with E-state index in [1.165, 1.54) is 5.56 Å². The molecule has 10 heteroatoms. The maximum Gasteiger partial charge on any atom is 0.325 e. The molecule has 3 aromatic carbocycles. The molecule has 240 valence electrons. The predicted molar refractivity (Wildman–Crippen MR) is 171 cm³/mol. The van der Waals surface area contributed by atoms with E-state index in [0.29, 0.717) is 5.69 Å². The van der Waals surface area contributed by atoms with Gasteiger partial charge in [0.1, 0.15) is 6.54 Å². The highest BCUT2D eigenvalue weighted by Crippen LogP contribution is 2.42. The molecule has 0 spiro atoms. The standard InChI is InChI=1S/C35H44N4O6/c1-3-43-32(41)21-36-35(42)37-30-15-13-29(14-16-30)34-44-31(25(2)33(45-34)28-11-9-27(24-40)10-12-28)23-39-19-17-38(18-20-39)22-26-7-5-4-6-8-26/h4-16,25,31,33-34,40H,3,17-24H2,1-2H3,(H2,36,37,42)/t25-,31+,33+,34+/m1/s1. The van der Waals surface area contributed by atoms with Crippen LogP contribution in [-0.4, -0.2) is 78.9 Å². The highest BCUT2D eigenvalue weighted by Gasteiger charge is 2.39. The number of carbonyl (C=O) groups is 2. The number of nitrogens with zero attached hydrogens (tertiary/aromatic N) is 2. The molecule has 2 aliphatic heterocycles. The van der Waals surface area contributed by atoms with E-state index in [2.05, 4.69) is 57.7 Å². The number of anilines is 1. The van der Waals surface area contributed by atoms with Crippen molar-refractivity contribution in [1.29, 1.82) is 0 Å². The van der Waals surface area contributed by atoms with Crippen LogP contribution < -0.4 is 10.6 Å². The van der Waals surface area contributed by atoms with Crippen LogP contribution in [-0.2, 0) is 32.2 Å². The second-order valence-corrected chi connectivity index (χ2v) is 11.6. The monoisotopic (exact) mass is 616 g/mol. The van der Waals surface area contributed by atoms with Crippen molar-refractivity contribution in [2.24, 2.45) is 5.92 Å². The molecule has 2 aliphatic rings. The molecule has 2 fully saturated rings. The fourth-order valence-corrected chi connectivity index (χ4v) is 5.82. The van der Waals surface area contributed by atoms with Crippen molar-refractivity contribution < 1.29 is 28.9 Å². The normalized spacial score (nSPS) is 22.5. The van der Waals surface area contributed by atoms with Crippen molar-refractivity contribution in [3.8, 4) is 0 Å². The number of esters is 1. The van der Waals surface area contributed by atoms with Crippen LogP contribution in [0.25, 0.3) is 0 Å². The number of urea groups is 1. The van der Waals surface area contributed by atoms with Gasteiger partial charge in [-0.25, -0.2) is 4.79 Å². The molecule has 0 saturated carbocycles. The lowest BCUT2D eigenvalue weighted by molar-refractivity contribution is -0.276. The first kappa shape index (κ1) is 32.6. The van der Waals surface area contributed by atoms with Gasteiger partial charge in [-0.2, -0.15) is 0 Å². The first-order valence-electron chi connectivity index (χ1n) is 15.7. The molecule has 0 aliphatic carbocycles. The van der Waals surface area contributed by atoms with Gasteiger partial charge < -0.3 is 30.0 Å². The van der Waals surface area contributed by atoms with E-state index in [9.17, 15) is 14.7 Å². The summed E-state index contributed by atoms with van der Waals surface area (Å²) in [6.07, 6.45) is -0.870. The number of ether oxygens (including phenoxy) is 3. The van der Waals surface area contributed by atoms with Crippen molar-refractivity contribution in [3.63, 3.8) is 0 Å². The van der Waals surface area contributed by atoms with Gasteiger partial charge in [0.2, 0.25) is 0 Å². The number of aliphatic hydroxyl groups is 1. The lowest BCUT2D eigenvalue weighted by atomic mass is 9.90. The lowest BCUT2D eigenvalue weighted by Crippen LogP contribution is -2.51. The van der Waals surface area contributed by atoms with E-state index in [0.717, 1.165) is 56.0 Å². The summed E-state index contributed by atoms with van der Waals surface area (Å²) in [5.41, 5.74) is 4.65. The van der Waals surface area contributed by atoms with E-state index >= 15 is 0 Å². The number of aliphatic hydroxyl groups excluding tert-OH is 1. The molecule has 0 radical (unpaired) electrons. The summed E-state index contributed by atoms with van der Waals surface area (Å²) in [5.74, 6) is -0.402. The molecule has 3 N–H and O–H groups in total. The first-order valence-corrected chi connectivity index (χ1v) is 15.7. The van der Waals surface area contributed by atoms with Gasteiger partial charge >= 0.3 is 12.0 Å². The molecule has 4 atom stereocenters. The SMILES string of the molecule is CCOC(=O)CNC(=O)Nc1ccc([C@H]2O[C@@H](CN3CCN(Cc4ccccc4)CC3)[C@@H](C)[C@@H](c3ccc(CO)cc3)O2)cc1. The van der Waals surface area contributed by atoms with E-state index in [4.69, 9.17) is 14.2 Å². The molecule has 0 bridgehead atoms. The third-order valence-corrected chi connectivity index (χ3v) is 8.41. The number of carbonyl (C=O) groups excluding carboxylic acids is 2. The second-order valence-electron chi connectivity index (χ2n) is 11.6. The molecular formula is C35H44N4O6. The summed E-state index contributed by atoms with van der Waals surface area (Å²) in [6.45, 7) is 9.65. The van der Waals surface area contributed by atoms with Crippen molar-refractivity contribution >= 4 is 17.7 Å². The molecule has 0 aromatic heterocycles. The summed E-state index contributed by atoms with van der Waals surface area (Å²) < 4.78 is 18.1. The quantitative estimate of drug-likeness (QED) is 0.271. The maximum absolute atomic E-state index is 12.2. The van der Waals surface area contributed by atoms with Crippen molar-refractivity contribution in [1.82, 2.24) is 15.1 Å². The number of amides is 2. The lowest BCUT2D eigenvalue weighted by Gasteiger charge is -2.44. The molecule has 2 heterocycles. The maximum atomic E-state index is 12.2. The number of piperazine rings is 1. The van der Waals surface area contributed by atoms with E-state index < -0.39 is 18.3 Å². The zero-order valence-corrected chi connectivity index (χ0v) is 26.1. The minimum atomic E-state index is -0.597. The molecule has 0 unspecified atom stereocenters. The minimum absolute atomic E-state index is 0.00675. The van der Waals surface area contributed by atoms with Gasteiger partial charge in [0.25, 0.3) is 0 Å². The molecule has 45 heavy (non-hydrogen) atoms. The third kappa shape index (κ3) is 9.12. The largest absolute Gasteiger partial charge is 0.465 e. The summed E-state index contributed by atoms with van der Waals surface area (Å²) in [4.78, 5) is 28.7. The Bertz CT molecular complexity index is 1360. The fourth-order valence-electron chi connectivity index (χ4n) is 5.82. The highest BCUT2D eigenvalue weighted by molar-refractivity contribution is 5.91. The van der Waals surface area contributed by atoms with Gasteiger partial charge in [0.05, 0.1) is 25.4 Å². The van der Waals surface area contributed by atoms with E-state index in [1.807, 2.05) is 36.4 Å². The van der Waals surface area contributed by atoms with Gasteiger partial charge in [0.15, 0.2) is 6.29 Å². The van der Waals surface area contributed by atoms with Gasteiger partial charge in [-0.3, -0.25) is 14.6 Å². The number of rotatable bonds is 11. The molecule has 2 saturated heterocycles. The van der Waals surface area contributed by atoms with Crippen LogP contribution in [0.3, 0.4) is 0 Å². The average Bonchev–Trinajstić information content (AvgIpc) is 3.07. The summed E-state index contributed by atoms with van der Waals surface area (Å²) in [6, 6.07) is 25.4. The summed E-state index contributed by atoms with van der Waals surface area (Å²) >= 11 is 0. The van der Waals surface area contributed by atoms with Crippen LogP contribution >= 0.6 is 0 Å². The molecule has 2 amide bonds. The van der Waals surface area contributed by atoms with E-state index in [-0.39, 0.29) is 37.9 Å². The average molecular weight is 617 g/mol. The van der Waals surface area contributed by atoms with Gasteiger partial charge in [0, 0.05) is 56.4 Å². The molecule has 3 aromatic rings. The predicted octanol–water partition coefficient (Wildman–Crippen LogP) is 4.47. The van der Waals surface area contributed by atoms with Crippen LogP contribution in [0.4, 0.5) is 10.5 Å². The Morgan fingerprint density at radius 2 is 1.53 bits per heavy atom. The Morgan fingerprint density at radius 3 is 2.20 bits per heavy atom. The Balaban J connectivity index is 1.24. The van der Waals surface area contributed by atoms with Gasteiger partial charge in [-0.1, -0.05) is 73.7 Å². The van der Waals surface area contributed by atoms with Gasteiger partial charge in [-0.15, -0.1) is 0 Å². The smallest absolute Gasteiger partial charge is 0.325 e. The van der Waals surface area contributed by atoms with Crippen LogP contribution in [0.2, 0.25) is 0 Å². The number of nitrogens with one attached hydrogen (secondary N) is 2. The third-order valence-electron chi connectivity index (χ3n) is 8.41. The van der Waals surface area contributed by atoms with Crippen molar-refractivity contribution in [2.45, 2.75) is 45.5 Å². The van der Waals surface area contributed by atoms with Crippen molar-refractivity contribution in [3.05, 3.63) is 101 Å². The topological polar surface area (TPSA) is 113 Å².